The zero-order valence-electron chi connectivity index (χ0n) is 7.98. The molecule has 16 heavy (non-hydrogen) atoms. The summed E-state index contributed by atoms with van der Waals surface area (Å²) in [6, 6.07) is 4.15. The molecule has 0 atom stereocenters. The van der Waals surface area contributed by atoms with Crippen molar-refractivity contribution >= 4 is 28.9 Å². The van der Waals surface area contributed by atoms with Crippen LogP contribution in [-0.4, -0.2) is 16.0 Å². The van der Waals surface area contributed by atoms with E-state index in [0.717, 1.165) is 4.34 Å². The van der Waals surface area contributed by atoms with Crippen molar-refractivity contribution in [1.29, 1.82) is 5.41 Å². The minimum absolute atomic E-state index is 0.161. The SMILES string of the molecule is N=C(N)c1cc(F)ccc1Sc1nncs1. The summed E-state index contributed by atoms with van der Waals surface area (Å²) in [7, 11) is 0. The Morgan fingerprint density at radius 1 is 1.50 bits per heavy atom. The van der Waals surface area contributed by atoms with Crippen LogP contribution in [0, 0.1) is 11.2 Å². The maximum atomic E-state index is 13.0. The van der Waals surface area contributed by atoms with E-state index in [1.807, 2.05) is 0 Å². The number of aromatic nitrogens is 2. The number of nitrogens with zero attached hydrogens (tertiary/aromatic N) is 2. The topological polar surface area (TPSA) is 75.7 Å². The highest BCUT2D eigenvalue weighted by molar-refractivity contribution is 8.01. The molecule has 0 unspecified atom stereocenters. The van der Waals surface area contributed by atoms with Crippen molar-refractivity contribution in [3.05, 3.63) is 35.1 Å². The van der Waals surface area contributed by atoms with Gasteiger partial charge in [-0.3, -0.25) is 5.41 Å². The number of nitrogens with one attached hydrogen (secondary N) is 1. The summed E-state index contributed by atoms with van der Waals surface area (Å²) < 4.78 is 13.7. The predicted octanol–water partition coefficient (Wildman–Crippen LogP) is 2.11. The summed E-state index contributed by atoms with van der Waals surface area (Å²) in [5, 5.41) is 14.9. The number of hydrogen-bond acceptors (Lipinski definition) is 5. The molecule has 0 saturated heterocycles. The van der Waals surface area contributed by atoms with Crippen molar-refractivity contribution in [2.75, 3.05) is 0 Å². The second-order valence-electron chi connectivity index (χ2n) is 2.86. The highest BCUT2D eigenvalue weighted by Crippen LogP contribution is 2.31. The van der Waals surface area contributed by atoms with E-state index in [2.05, 4.69) is 10.2 Å². The van der Waals surface area contributed by atoms with Crippen LogP contribution in [0.1, 0.15) is 5.56 Å². The summed E-state index contributed by atoms with van der Waals surface area (Å²) in [5.74, 6) is -0.571. The first kappa shape index (κ1) is 11.0. The van der Waals surface area contributed by atoms with Gasteiger partial charge < -0.3 is 5.73 Å². The van der Waals surface area contributed by atoms with Gasteiger partial charge in [-0.05, 0) is 18.2 Å². The van der Waals surface area contributed by atoms with Crippen LogP contribution in [-0.2, 0) is 0 Å². The quantitative estimate of drug-likeness (QED) is 0.649. The number of rotatable bonds is 3. The van der Waals surface area contributed by atoms with Gasteiger partial charge in [0.25, 0.3) is 0 Å². The normalized spacial score (nSPS) is 10.3. The maximum Gasteiger partial charge on any atom is 0.178 e. The number of benzene rings is 1. The van der Waals surface area contributed by atoms with Crippen molar-refractivity contribution in [2.24, 2.45) is 5.73 Å². The molecule has 4 nitrogen and oxygen atoms in total. The van der Waals surface area contributed by atoms with Crippen molar-refractivity contribution in [3.8, 4) is 0 Å². The fraction of sp³-hybridized carbons (Fsp3) is 0. The lowest BCUT2D eigenvalue weighted by Gasteiger charge is -2.05. The third kappa shape index (κ3) is 2.37. The summed E-state index contributed by atoms with van der Waals surface area (Å²) >= 11 is 2.69. The zero-order chi connectivity index (χ0) is 11.5. The van der Waals surface area contributed by atoms with Gasteiger partial charge in [0, 0.05) is 10.5 Å². The van der Waals surface area contributed by atoms with Gasteiger partial charge in [-0.2, -0.15) is 0 Å². The van der Waals surface area contributed by atoms with Gasteiger partial charge in [-0.25, -0.2) is 4.39 Å². The molecule has 2 rings (SSSR count). The molecule has 82 valence electrons. The van der Waals surface area contributed by atoms with E-state index in [1.54, 1.807) is 11.6 Å². The van der Waals surface area contributed by atoms with E-state index < -0.39 is 5.82 Å². The molecule has 1 heterocycles. The van der Waals surface area contributed by atoms with E-state index in [1.165, 1.54) is 35.2 Å². The van der Waals surface area contributed by atoms with E-state index >= 15 is 0 Å². The van der Waals surface area contributed by atoms with E-state index in [-0.39, 0.29) is 5.84 Å². The molecule has 0 bridgehead atoms. The first-order valence-corrected chi connectivity index (χ1v) is 5.94. The minimum atomic E-state index is -0.410. The average Bonchev–Trinajstić information content (AvgIpc) is 2.73. The van der Waals surface area contributed by atoms with Crippen molar-refractivity contribution in [1.82, 2.24) is 10.2 Å². The van der Waals surface area contributed by atoms with Gasteiger partial charge in [-0.15, -0.1) is 10.2 Å². The molecule has 7 heteroatoms. The number of nitrogens with two attached hydrogens (primary N) is 1. The summed E-state index contributed by atoms with van der Waals surface area (Å²) in [4.78, 5) is 0.700. The van der Waals surface area contributed by atoms with Crippen molar-refractivity contribution < 1.29 is 4.39 Å². The van der Waals surface area contributed by atoms with Gasteiger partial charge in [0.05, 0.1) is 0 Å². The molecule has 0 saturated carbocycles. The first-order chi connectivity index (χ1) is 7.66. The lowest BCUT2D eigenvalue weighted by atomic mass is 10.2. The lowest BCUT2D eigenvalue weighted by Crippen LogP contribution is -2.12. The second-order valence-corrected chi connectivity index (χ2v) is 4.98. The third-order valence-electron chi connectivity index (χ3n) is 1.77. The van der Waals surface area contributed by atoms with Gasteiger partial charge in [0.1, 0.15) is 17.2 Å². The van der Waals surface area contributed by atoms with E-state index in [4.69, 9.17) is 11.1 Å². The van der Waals surface area contributed by atoms with Crippen LogP contribution in [0.25, 0.3) is 0 Å². The fourth-order valence-corrected chi connectivity index (χ4v) is 2.66. The molecular formula is C9H7FN4S2. The van der Waals surface area contributed by atoms with Gasteiger partial charge in [0.2, 0.25) is 0 Å². The number of amidine groups is 1. The van der Waals surface area contributed by atoms with E-state index in [0.29, 0.717) is 10.5 Å². The Hall–Kier alpha value is -1.47. The highest BCUT2D eigenvalue weighted by atomic mass is 32.2. The Morgan fingerprint density at radius 3 is 2.94 bits per heavy atom. The van der Waals surface area contributed by atoms with Crippen LogP contribution in [0.3, 0.4) is 0 Å². The van der Waals surface area contributed by atoms with Crippen molar-refractivity contribution in [3.63, 3.8) is 0 Å². The van der Waals surface area contributed by atoms with Gasteiger partial charge in [0.15, 0.2) is 4.34 Å². The van der Waals surface area contributed by atoms with Crippen LogP contribution >= 0.6 is 23.1 Å². The Bertz CT molecular complexity index is 512. The van der Waals surface area contributed by atoms with Crippen LogP contribution < -0.4 is 5.73 Å². The smallest absolute Gasteiger partial charge is 0.178 e. The van der Waals surface area contributed by atoms with Crippen LogP contribution in [0.2, 0.25) is 0 Å². The van der Waals surface area contributed by atoms with Crippen molar-refractivity contribution in [2.45, 2.75) is 9.24 Å². The minimum Gasteiger partial charge on any atom is -0.384 e. The second kappa shape index (κ2) is 4.58. The monoisotopic (exact) mass is 254 g/mol. The fourth-order valence-electron chi connectivity index (χ4n) is 1.10. The Morgan fingerprint density at radius 2 is 2.31 bits per heavy atom. The van der Waals surface area contributed by atoms with Crippen LogP contribution in [0.4, 0.5) is 4.39 Å². The molecule has 0 aliphatic heterocycles. The summed E-state index contributed by atoms with van der Waals surface area (Å²) in [6.07, 6.45) is 0. The molecule has 0 amide bonds. The average molecular weight is 254 g/mol. The number of nitrogen functional groups attached to an aromatic ring is 1. The molecule has 0 radical (unpaired) electrons. The third-order valence-corrected chi connectivity index (χ3v) is 3.62. The lowest BCUT2D eigenvalue weighted by molar-refractivity contribution is 0.626. The number of hydrogen-bond donors (Lipinski definition) is 2. The van der Waals surface area contributed by atoms with Crippen LogP contribution in [0.5, 0.6) is 0 Å². The molecule has 0 spiro atoms. The van der Waals surface area contributed by atoms with Gasteiger partial charge in [-0.1, -0.05) is 23.1 Å². The summed E-state index contributed by atoms with van der Waals surface area (Å²) in [5.41, 5.74) is 7.37. The molecule has 1 aromatic heterocycles. The molecule has 0 aliphatic carbocycles. The Kier molecular flexibility index (Phi) is 3.16. The molecular weight excluding hydrogens is 247 g/mol. The van der Waals surface area contributed by atoms with E-state index in [9.17, 15) is 4.39 Å². The number of halogens is 1. The summed E-state index contributed by atoms with van der Waals surface area (Å²) in [6.45, 7) is 0. The molecule has 2 aromatic rings. The molecule has 0 aliphatic rings. The van der Waals surface area contributed by atoms with Gasteiger partial charge >= 0.3 is 0 Å². The zero-order valence-corrected chi connectivity index (χ0v) is 9.61. The highest BCUT2D eigenvalue weighted by Gasteiger charge is 2.10. The Labute approximate surface area is 99.2 Å². The van der Waals surface area contributed by atoms with Crippen LogP contribution in [0.15, 0.2) is 32.9 Å². The molecule has 0 fully saturated rings. The molecule has 3 N–H and O–H groups in total. The largest absolute Gasteiger partial charge is 0.384 e. The Balaban J connectivity index is 2.36. The maximum absolute atomic E-state index is 13.0. The standard InChI is InChI=1S/C9H7FN4S2/c10-5-1-2-7(6(3-5)8(11)12)16-9-14-13-4-15-9/h1-4H,(H3,11,12). The first-order valence-electron chi connectivity index (χ1n) is 4.25. The predicted molar refractivity (Wildman–Crippen MR) is 61.4 cm³/mol. The molecule has 1 aromatic carbocycles.